The lowest BCUT2D eigenvalue weighted by atomic mass is 10.1. The first-order valence-corrected chi connectivity index (χ1v) is 8.17. The highest BCUT2D eigenvalue weighted by Crippen LogP contribution is 2.14. The van der Waals surface area contributed by atoms with Crippen LogP contribution in [-0.2, 0) is 6.42 Å². The zero-order valence-corrected chi connectivity index (χ0v) is 14.0. The van der Waals surface area contributed by atoms with Gasteiger partial charge in [0.25, 0.3) is 5.91 Å². The molecule has 1 heterocycles. The molecule has 0 saturated carbocycles. The third-order valence-electron chi connectivity index (χ3n) is 3.73. The first-order valence-electron chi connectivity index (χ1n) is 8.17. The van der Waals surface area contributed by atoms with E-state index in [1.54, 1.807) is 36.4 Å². The zero-order valence-electron chi connectivity index (χ0n) is 14.0. The van der Waals surface area contributed by atoms with Crippen LogP contribution in [0.3, 0.4) is 0 Å². The molecule has 6 nitrogen and oxygen atoms in total. The van der Waals surface area contributed by atoms with Crippen LogP contribution in [0.4, 0.5) is 11.5 Å². The Kier molecular flexibility index (Phi) is 5.53. The largest absolute Gasteiger partial charge is 0.350 e. The quantitative estimate of drug-likeness (QED) is 0.718. The van der Waals surface area contributed by atoms with E-state index in [4.69, 9.17) is 5.26 Å². The Bertz CT molecular complexity index is 900. The number of nitrogens with zero attached hydrogens (tertiary/aromatic N) is 3. The van der Waals surface area contributed by atoms with Gasteiger partial charge in [0, 0.05) is 12.2 Å². The fourth-order valence-electron chi connectivity index (χ4n) is 2.35. The summed E-state index contributed by atoms with van der Waals surface area (Å²) in [6.45, 7) is 0.537. The van der Waals surface area contributed by atoms with E-state index in [1.807, 2.05) is 30.3 Å². The summed E-state index contributed by atoms with van der Waals surface area (Å²) in [5, 5.41) is 22.7. The van der Waals surface area contributed by atoms with Gasteiger partial charge >= 0.3 is 0 Å². The fourth-order valence-corrected chi connectivity index (χ4v) is 2.35. The summed E-state index contributed by atoms with van der Waals surface area (Å²) in [6, 6.07) is 22.3. The van der Waals surface area contributed by atoms with Gasteiger partial charge in [-0.15, -0.1) is 10.2 Å². The highest BCUT2D eigenvalue weighted by Gasteiger charge is 2.08. The summed E-state index contributed by atoms with van der Waals surface area (Å²) in [6.07, 6.45) is 0.762. The van der Waals surface area contributed by atoms with Crippen LogP contribution in [0.1, 0.15) is 21.6 Å². The zero-order chi connectivity index (χ0) is 18.2. The summed E-state index contributed by atoms with van der Waals surface area (Å²) in [4.78, 5) is 12.1. The van der Waals surface area contributed by atoms with Crippen LogP contribution in [-0.4, -0.2) is 22.6 Å². The third kappa shape index (κ3) is 4.65. The van der Waals surface area contributed by atoms with Crippen molar-refractivity contribution in [3.05, 3.63) is 83.6 Å². The van der Waals surface area contributed by atoms with Crippen molar-refractivity contribution >= 4 is 17.4 Å². The predicted octanol–water partition coefficient (Wildman–Crippen LogP) is 3.06. The first-order chi connectivity index (χ1) is 12.7. The van der Waals surface area contributed by atoms with E-state index in [1.165, 1.54) is 5.56 Å². The second-order valence-corrected chi connectivity index (χ2v) is 5.61. The Hall–Kier alpha value is -3.72. The Morgan fingerprint density at radius 1 is 0.962 bits per heavy atom. The molecule has 0 atom stereocenters. The van der Waals surface area contributed by atoms with Gasteiger partial charge in [0.1, 0.15) is 0 Å². The van der Waals surface area contributed by atoms with Crippen LogP contribution in [0, 0.1) is 11.3 Å². The van der Waals surface area contributed by atoms with Crippen molar-refractivity contribution in [2.45, 2.75) is 6.42 Å². The Balaban J connectivity index is 1.53. The number of anilines is 2. The van der Waals surface area contributed by atoms with Crippen molar-refractivity contribution in [1.82, 2.24) is 15.5 Å². The highest BCUT2D eigenvalue weighted by molar-refractivity contribution is 5.92. The van der Waals surface area contributed by atoms with E-state index < -0.39 is 0 Å². The standard InChI is InChI=1S/C20H17N5O/c21-14-16-6-8-17(9-7-16)23-19-11-10-18(24-25-19)20(26)22-13-12-15-4-2-1-3-5-15/h1-11H,12-13H2,(H,22,26)(H,23,25). The number of carbonyl (C=O) groups excluding carboxylic acids is 1. The van der Waals surface area contributed by atoms with E-state index in [9.17, 15) is 4.79 Å². The lowest BCUT2D eigenvalue weighted by Crippen LogP contribution is -2.26. The van der Waals surface area contributed by atoms with Gasteiger partial charge in [-0.2, -0.15) is 5.26 Å². The smallest absolute Gasteiger partial charge is 0.271 e. The number of nitrogens with one attached hydrogen (secondary N) is 2. The van der Waals surface area contributed by atoms with Crippen molar-refractivity contribution in [3.63, 3.8) is 0 Å². The van der Waals surface area contributed by atoms with Gasteiger partial charge < -0.3 is 10.6 Å². The minimum Gasteiger partial charge on any atom is -0.350 e. The molecule has 1 amide bonds. The summed E-state index contributed by atoms with van der Waals surface area (Å²) in [5.74, 6) is 0.272. The van der Waals surface area contributed by atoms with Crippen LogP contribution >= 0.6 is 0 Å². The molecule has 2 N–H and O–H groups in total. The monoisotopic (exact) mass is 343 g/mol. The molecule has 0 aliphatic carbocycles. The minimum absolute atomic E-state index is 0.252. The number of rotatable bonds is 6. The molecule has 0 unspecified atom stereocenters. The molecule has 128 valence electrons. The van der Waals surface area contributed by atoms with Gasteiger partial charge in [0.05, 0.1) is 11.6 Å². The van der Waals surface area contributed by atoms with Gasteiger partial charge in [0.15, 0.2) is 11.5 Å². The molecule has 26 heavy (non-hydrogen) atoms. The van der Waals surface area contributed by atoms with E-state index in [-0.39, 0.29) is 11.6 Å². The molecule has 3 rings (SSSR count). The average Bonchev–Trinajstić information content (AvgIpc) is 2.70. The minimum atomic E-state index is -0.252. The van der Waals surface area contributed by atoms with Crippen LogP contribution in [0.15, 0.2) is 66.7 Å². The lowest BCUT2D eigenvalue weighted by Gasteiger charge is -2.07. The molecule has 0 fully saturated rings. The maximum atomic E-state index is 12.1. The van der Waals surface area contributed by atoms with Crippen molar-refractivity contribution in [2.24, 2.45) is 0 Å². The topological polar surface area (TPSA) is 90.7 Å². The second kappa shape index (κ2) is 8.40. The van der Waals surface area contributed by atoms with Crippen LogP contribution in [0.25, 0.3) is 0 Å². The molecular formula is C20H17N5O. The van der Waals surface area contributed by atoms with Gasteiger partial charge in [-0.25, -0.2) is 0 Å². The molecule has 0 saturated heterocycles. The van der Waals surface area contributed by atoms with Gasteiger partial charge in [-0.05, 0) is 48.4 Å². The van der Waals surface area contributed by atoms with Crippen molar-refractivity contribution < 1.29 is 4.79 Å². The molecule has 3 aromatic rings. The van der Waals surface area contributed by atoms with Crippen molar-refractivity contribution in [1.29, 1.82) is 5.26 Å². The predicted molar refractivity (Wildman–Crippen MR) is 99.0 cm³/mol. The Labute approximate surface area is 151 Å². The molecule has 0 radical (unpaired) electrons. The third-order valence-corrected chi connectivity index (χ3v) is 3.73. The number of amides is 1. The second-order valence-electron chi connectivity index (χ2n) is 5.61. The van der Waals surface area contributed by atoms with E-state index in [0.29, 0.717) is 17.9 Å². The summed E-state index contributed by atoms with van der Waals surface area (Å²) >= 11 is 0. The highest BCUT2D eigenvalue weighted by atomic mass is 16.1. The molecule has 6 heteroatoms. The van der Waals surface area contributed by atoms with Crippen molar-refractivity contribution in [2.75, 3.05) is 11.9 Å². The Morgan fingerprint density at radius 3 is 2.38 bits per heavy atom. The molecule has 0 bridgehead atoms. The van der Waals surface area contributed by atoms with Gasteiger partial charge in [0.2, 0.25) is 0 Å². The maximum Gasteiger partial charge on any atom is 0.271 e. The summed E-state index contributed by atoms with van der Waals surface area (Å²) < 4.78 is 0. The average molecular weight is 343 g/mol. The van der Waals surface area contributed by atoms with Crippen LogP contribution in [0.2, 0.25) is 0 Å². The van der Waals surface area contributed by atoms with Crippen LogP contribution in [0.5, 0.6) is 0 Å². The molecular weight excluding hydrogens is 326 g/mol. The molecule has 0 aliphatic rings. The van der Waals surface area contributed by atoms with Crippen molar-refractivity contribution in [3.8, 4) is 6.07 Å². The van der Waals surface area contributed by atoms with Gasteiger partial charge in [-0.3, -0.25) is 4.79 Å². The summed E-state index contributed by atoms with van der Waals surface area (Å²) in [7, 11) is 0. The number of nitriles is 1. The number of carbonyl (C=O) groups is 1. The molecule has 0 spiro atoms. The SMILES string of the molecule is N#Cc1ccc(Nc2ccc(C(=O)NCCc3ccccc3)nn2)cc1. The Morgan fingerprint density at radius 2 is 1.73 bits per heavy atom. The molecule has 2 aromatic carbocycles. The van der Waals surface area contributed by atoms with Crippen LogP contribution < -0.4 is 10.6 Å². The van der Waals surface area contributed by atoms with Gasteiger partial charge in [-0.1, -0.05) is 30.3 Å². The normalized spacial score (nSPS) is 9.96. The first kappa shape index (κ1) is 17.1. The van der Waals surface area contributed by atoms with E-state index in [0.717, 1.165) is 12.1 Å². The molecule has 1 aromatic heterocycles. The van der Waals surface area contributed by atoms with E-state index >= 15 is 0 Å². The summed E-state index contributed by atoms with van der Waals surface area (Å²) in [5.41, 5.74) is 2.81. The number of hydrogen-bond acceptors (Lipinski definition) is 5. The maximum absolute atomic E-state index is 12.1. The fraction of sp³-hybridized carbons (Fsp3) is 0.100. The number of aromatic nitrogens is 2. The number of benzene rings is 2. The lowest BCUT2D eigenvalue weighted by molar-refractivity contribution is 0.0948. The number of hydrogen-bond donors (Lipinski definition) is 2. The molecule has 0 aliphatic heterocycles. The van der Waals surface area contributed by atoms with E-state index in [2.05, 4.69) is 26.9 Å².